The van der Waals surface area contributed by atoms with Gasteiger partial charge in [0, 0.05) is 39.1 Å². The van der Waals surface area contributed by atoms with Crippen LogP contribution in [0.3, 0.4) is 0 Å². The Morgan fingerprint density at radius 2 is 0.829 bits per heavy atom. The highest BCUT2D eigenvalue weighted by atomic mass is 14.9. The molecule has 18 rings (SSSR count). The van der Waals surface area contributed by atoms with E-state index in [0.717, 1.165) is 41.0 Å². The average Bonchev–Trinajstić information content (AvgIpc) is 2.29. The molecule has 3 atom stereocenters. The van der Waals surface area contributed by atoms with Gasteiger partial charge in [-0.15, -0.1) is 0 Å². The molecule has 8 aliphatic rings. The number of hydrogen-bond acceptors (Lipinski definition) is 2. The fraction of sp³-hybridized carbons (Fsp3) is 0.225. The van der Waals surface area contributed by atoms with Crippen molar-refractivity contribution < 1.29 is 0 Å². The van der Waals surface area contributed by atoms with Gasteiger partial charge in [0.25, 0.3) is 0 Å². The van der Waals surface area contributed by atoms with Crippen LogP contribution in [0.2, 0.25) is 0 Å². The van der Waals surface area contributed by atoms with Crippen LogP contribution < -0.4 is 10.6 Å². The molecule has 0 amide bonds. The molecular formula is C80H68N2. The number of nitrogens with one attached hydrogen (secondary N) is 2. The van der Waals surface area contributed by atoms with E-state index in [1.54, 1.807) is 16.7 Å². The van der Waals surface area contributed by atoms with Crippen molar-refractivity contribution in [3.8, 4) is 77.9 Å². The molecule has 2 spiro atoms. The lowest BCUT2D eigenvalue weighted by Crippen LogP contribution is -2.55. The first-order valence-electron chi connectivity index (χ1n) is 30.8. The molecule has 0 aliphatic heterocycles. The number of benzene rings is 10. The number of anilines is 4. The zero-order chi connectivity index (χ0) is 54.1. The lowest BCUT2D eigenvalue weighted by molar-refractivity contribution is -0.0399. The van der Waals surface area contributed by atoms with Crippen LogP contribution in [0.25, 0.3) is 77.9 Å². The monoisotopic (exact) mass is 1060 g/mol. The van der Waals surface area contributed by atoms with Crippen LogP contribution in [0, 0.1) is 35.5 Å². The lowest BCUT2D eigenvalue weighted by Gasteiger charge is -2.61. The summed E-state index contributed by atoms with van der Waals surface area (Å²) >= 11 is 0. The molecule has 10 aromatic rings. The van der Waals surface area contributed by atoms with Gasteiger partial charge < -0.3 is 10.6 Å². The highest BCUT2D eigenvalue weighted by molar-refractivity contribution is 5.93. The van der Waals surface area contributed by atoms with Crippen molar-refractivity contribution in [1.82, 2.24) is 0 Å². The maximum atomic E-state index is 3.88. The molecule has 5 saturated carbocycles. The topological polar surface area (TPSA) is 24.1 Å². The van der Waals surface area contributed by atoms with Crippen molar-refractivity contribution >= 4 is 22.7 Å². The predicted molar refractivity (Wildman–Crippen MR) is 342 cm³/mol. The fourth-order valence-corrected chi connectivity index (χ4v) is 18.1. The minimum atomic E-state index is 0.000919. The molecule has 2 nitrogen and oxygen atoms in total. The molecule has 0 heterocycles. The second-order valence-corrected chi connectivity index (χ2v) is 25.9. The van der Waals surface area contributed by atoms with E-state index in [4.69, 9.17) is 0 Å². The Balaban J connectivity index is 0.552. The molecule has 8 aliphatic carbocycles. The number of hydrogen-bond donors (Lipinski definition) is 2. The fourth-order valence-electron chi connectivity index (χ4n) is 18.1. The maximum absolute atomic E-state index is 3.88. The quantitative estimate of drug-likeness (QED) is 0.141. The van der Waals surface area contributed by atoms with Gasteiger partial charge in [0.05, 0.1) is 0 Å². The van der Waals surface area contributed by atoms with E-state index in [2.05, 4.69) is 254 Å². The predicted octanol–water partition coefficient (Wildman–Crippen LogP) is 21.3. The molecule has 82 heavy (non-hydrogen) atoms. The Kier molecular flexibility index (Phi) is 11.1. The molecule has 0 radical (unpaired) electrons. The van der Waals surface area contributed by atoms with E-state index in [-0.39, 0.29) is 10.8 Å². The smallest absolute Gasteiger partial charge is 0.0467 e. The zero-order valence-corrected chi connectivity index (χ0v) is 46.8. The van der Waals surface area contributed by atoms with E-state index in [1.807, 2.05) is 0 Å². The molecular weight excluding hydrogens is 989 g/mol. The van der Waals surface area contributed by atoms with Gasteiger partial charge in [0.15, 0.2) is 0 Å². The average molecular weight is 1060 g/mol. The Morgan fingerprint density at radius 1 is 0.354 bits per heavy atom. The Bertz CT molecular complexity index is 4130. The van der Waals surface area contributed by atoms with E-state index in [0.29, 0.717) is 5.92 Å². The van der Waals surface area contributed by atoms with Crippen LogP contribution >= 0.6 is 0 Å². The first kappa shape index (κ1) is 48.3. The minimum Gasteiger partial charge on any atom is -0.356 e. The van der Waals surface area contributed by atoms with Gasteiger partial charge in [-0.2, -0.15) is 0 Å². The van der Waals surface area contributed by atoms with Crippen molar-refractivity contribution in [2.24, 2.45) is 35.5 Å². The first-order chi connectivity index (χ1) is 40.4. The third-order valence-electron chi connectivity index (χ3n) is 21.4. The molecule has 398 valence electrons. The summed E-state index contributed by atoms with van der Waals surface area (Å²) in [5, 5.41) is 7.71. The molecule has 10 aromatic carbocycles. The van der Waals surface area contributed by atoms with Gasteiger partial charge in [-0.05, 0) is 236 Å². The van der Waals surface area contributed by atoms with Gasteiger partial charge in [0.1, 0.15) is 0 Å². The number of allylic oxidation sites excluding steroid dienone is 2. The van der Waals surface area contributed by atoms with Crippen molar-refractivity contribution in [2.45, 2.75) is 75.5 Å². The second kappa shape index (κ2) is 18.8. The number of rotatable bonds is 9. The standard InChI is InChI=1S/C80H68N2/c1-50-40-51-38-39-79(64(41-50)43-51)73-12-4-3-11-72(73)78-75(79)14-7-15-77(78)82-68-34-30-59(31-35-68)56-18-16-54(17-19-56)55-20-24-60(25-21-55)62-8-6-9-63(48-62)61-26-22-57(23-27-61)58-28-32-67(33-29-58)81-69-36-37-71-70-10-2-5-13-74(70)80(76(71)49-69)65-44-52-42-53(46-65)47-66(80)45-52/h2-37,41,48-53,65-66,81-82H,38-40,42-47H2,1H3. The van der Waals surface area contributed by atoms with E-state index >= 15 is 0 Å². The van der Waals surface area contributed by atoms with Gasteiger partial charge in [-0.1, -0.05) is 201 Å². The van der Waals surface area contributed by atoms with E-state index < -0.39 is 0 Å². The maximum Gasteiger partial charge on any atom is 0.0467 e. The first-order valence-corrected chi connectivity index (χ1v) is 30.8. The summed E-state index contributed by atoms with van der Waals surface area (Å²) in [7, 11) is 0. The van der Waals surface area contributed by atoms with Gasteiger partial charge in [0.2, 0.25) is 0 Å². The van der Waals surface area contributed by atoms with Crippen LogP contribution in [0.1, 0.15) is 87.0 Å². The van der Waals surface area contributed by atoms with Crippen LogP contribution in [-0.2, 0) is 10.8 Å². The summed E-state index contributed by atoms with van der Waals surface area (Å²) in [5.74, 6) is 4.90. The van der Waals surface area contributed by atoms with Crippen molar-refractivity contribution in [3.63, 3.8) is 0 Å². The lowest BCUT2D eigenvalue weighted by atomic mass is 9.43. The highest BCUT2D eigenvalue weighted by Gasteiger charge is 2.61. The van der Waals surface area contributed by atoms with Crippen molar-refractivity contribution in [2.75, 3.05) is 10.6 Å². The van der Waals surface area contributed by atoms with Crippen molar-refractivity contribution in [1.29, 1.82) is 0 Å². The Morgan fingerprint density at radius 3 is 1.43 bits per heavy atom. The molecule has 2 N–H and O–H groups in total. The van der Waals surface area contributed by atoms with Crippen LogP contribution in [0.15, 0.2) is 242 Å². The summed E-state index contributed by atoms with van der Waals surface area (Å²) < 4.78 is 0. The van der Waals surface area contributed by atoms with Crippen LogP contribution in [0.4, 0.5) is 22.7 Å². The normalized spacial score (nSPS) is 24.6. The van der Waals surface area contributed by atoms with Crippen LogP contribution in [-0.4, -0.2) is 0 Å². The molecule has 2 heteroatoms. The minimum absolute atomic E-state index is 0.000919. The van der Waals surface area contributed by atoms with Crippen LogP contribution in [0.5, 0.6) is 0 Å². The number of fused-ring (bicyclic) bond motifs is 11. The molecule has 0 aromatic heterocycles. The zero-order valence-electron chi connectivity index (χ0n) is 46.8. The third-order valence-corrected chi connectivity index (χ3v) is 21.4. The summed E-state index contributed by atoms with van der Waals surface area (Å²) in [5.41, 5.74) is 30.6. The third kappa shape index (κ3) is 7.59. The molecule has 3 unspecified atom stereocenters. The molecule has 0 saturated heterocycles. The summed E-state index contributed by atoms with van der Waals surface area (Å²) in [6.45, 7) is 2.42. The highest BCUT2D eigenvalue weighted by Crippen LogP contribution is 2.70. The SMILES string of the molecule is CC1C=C2CC(CCC23c2ccccc2-c2c(Nc4ccc(-c5ccc(-c6ccc(-c7cccc(-c8ccc(-c9ccc(Nc%10ccc%11c(c%10)C%10(c%12ccccc%12-%11)C%11CC%12CC(C%11)CC%10C%12)cc9)cc8)c7)cc6)cc5)cc4)cccc23)C1. The van der Waals surface area contributed by atoms with E-state index in [9.17, 15) is 0 Å². The Labute approximate surface area is 484 Å². The molecule has 5 fully saturated rings. The second-order valence-electron chi connectivity index (χ2n) is 25.9. The van der Waals surface area contributed by atoms with E-state index in [1.165, 1.54) is 158 Å². The van der Waals surface area contributed by atoms with Gasteiger partial charge >= 0.3 is 0 Å². The summed E-state index contributed by atoms with van der Waals surface area (Å²) in [6.07, 6.45) is 14.8. The molecule has 6 bridgehead atoms. The summed E-state index contributed by atoms with van der Waals surface area (Å²) in [6, 6.07) is 86.9. The van der Waals surface area contributed by atoms with Gasteiger partial charge in [-0.3, -0.25) is 0 Å². The summed E-state index contributed by atoms with van der Waals surface area (Å²) in [4.78, 5) is 0. The van der Waals surface area contributed by atoms with Gasteiger partial charge in [-0.25, -0.2) is 0 Å². The van der Waals surface area contributed by atoms with Crippen molar-refractivity contribution in [3.05, 3.63) is 264 Å². The Hall–Kier alpha value is -8.46. The largest absolute Gasteiger partial charge is 0.356 e.